The topological polar surface area (TPSA) is 28.4 Å². The second-order valence-corrected chi connectivity index (χ2v) is 7.42. The van der Waals surface area contributed by atoms with E-state index in [2.05, 4.69) is 51.9 Å². The molecule has 1 aromatic rings. The lowest BCUT2D eigenvalue weighted by atomic mass is 9.84. The van der Waals surface area contributed by atoms with Gasteiger partial charge in [0.25, 0.3) is 0 Å². The average molecular weight is 280 g/mol. The minimum absolute atomic E-state index is 0.175. The Balaban J connectivity index is 2.55. The van der Waals surface area contributed by atoms with Crippen LogP contribution in [0.15, 0.2) is 22.8 Å². The van der Waals surface area contributed by atoms with Gasteiger partial charge in [0.15, 0.2) is 0 Å². The summed E-state index contributed by atoms with van der Waals surface area (Å²) in [6.45, 7) is 14.3. The predicted octanol–water partition coefficient (Wildman–Crippen LogP) is 3.91. The first-order valence-electron chi connectivity index (χ1n) is 7.70. The summed E-state index contributed by atoms with van der Waals surface area (Å²) >= 11 is 0. The first kappa shape index (κ1) is 17.3. The average Bonchev–Trinajstić information content (AvgIpc) is 2.78. The quantitative estimate of drug-likeness (QED) is 0.782. The SMILES string of the molecule is CCCC(C)(CNC(C)(C)C)CN(C)Cc1ccco1. The van der Waals surface area contributed by atoms with Crippen molar-refractivity contribution in [3.63, 3.8) is 0 Å². The van der Waals surface area contributed by atoms with Crippen LogP contribution >= 0.6 is 0 Å². The van der Waals surface area contributed by atoms with E-state index in [0.29, 0.717) is 5.41 Å². The molecule has 20 heavy (non-hydrogen) atoms. The summed E-state index contributed by atoms with van der Waals surface area (Å²) in [5.74, 6) is 1.04. The Bertz CT molecular complexity index is 367. The molecule has 0 saturated heterocycles. The fourth-order valence-electron chi connectivity index (χ4n) is 2.68. The minimum Gasteiger partial charge on any atom is -0.468 e. The molecule has 0 fully saturated rings. The second-order valence-electron chi connectivity index (χ2n) is 7.42. The van der Waals surface area contributed by atoms with E-state index in [1.165, 1.54) is 12.8 Å². The molecule has 1 rings (SSSR count). The lowest BCUT2D eigenvalue weighted by molar-refractivity contribution is 0.151. The Morgan fingerprint density at radius 1 is 1.25 bits per heavy atom. The van der Waals surface area contributed by atoms with Crippen LogP contribution in [0.1, 0.15) is 53.2 Å². The van der Waals surface area contributed by atoms with Gasteiger partial charge in [-0.3, -0.25) is 4.90 Å². The first-order valence-corrected chi connectivity index (χ1v) is 7.70. The van der Waals surface area contributed by atoms with E-state index in [0.717, 1.165) is 25.4 Å². The number of rotatable bonds is 8. The summed E-state index contributed by atoms with van der Waals surface area (Å²) in [7, 11) is 2.17. The van der Waals surface area contributed by atoms with Gasteiger partial charge in [-0.1, -0.05) is 20.3 Å². The largest absolute Gasteiger partial charge is 0.468 e. The van der Waals surface area contributed by atoms with Crippen molar-refractivity contribution in [3.05, 3.63) is 24.2 Å². The summed E-state index contributed by atoms with van der Waals surface area (Å²) in [4.78, 5) is 2.36. The zero-order chi connectivity index (χ0) is 15.2. The highest BCUT2D eigenvalue weighted by atomic mass is 16.3. The van der Waals surface area contributed by atoms with Crippen LogP contribution in [0.3, 0.4) is 0 Å². The molecule has 0 spiro atoms. The first-order chi connectivity index (χ1) is 9.24. The van der Waals surface area contributed by atoms with Gasteiger partial charge in [-0.05, 0) is 51.8 Å². The second kappa shape index (κ2) is 7.28. The predicted molar refractivity (Wildman–Crippen MR) is 85.8 cm³/mol. The Morgan fingerprint density at radius 3 is 2.45 bits per heavy atom. The molecule has 1 aromatic heterocycles. The molecular weight excluding hydrogens is 248 g/mol. The third-order valence-corrected chi connectivity index (χ3v) is 3.56. The number of hydrogen-bond acceptors (Lipinski definition) is 3. The van der Waals surface area contributed by atoms with Gasteiger partial charge in [0, 0.05) is 18.6 Å². The Labute approximate surface area is 124 Å². The lowest BCUT2D eigenvalue weighted by Crippen LogP contribution is -2.46. The molecule has 0 saturated carbocycles. The smallest absolute Gasteiger partial charge is 0.117 e. The highest BCUT2D eigenvalue weighted by Crippen LogP contribution is 2.25. The normalized spacial score (nSPS) is 15.6. The Kier molecular flexibility index (Phi) is 6.28. The minimum atomic E-state index is 0.175. The van der Waals surface area contributed by atoms with Crippen LogP contribution in [-0.4, -0.2) is 30.6 Å². The van der Waals surface area contributed by atoms with Crippen LogP contribution in [0.2, 0.25) is 0 Å². The van der Waals surface area contributed by atoms with Crippen molar-refractivity contribution in [2.45, 2.75) is 59.5 Å². The summed E-state index contributed by atoms with van der Waals surface area (Å²) in [6.07, 6.45) is 4.20. The van der Waals surface area contributed by atoms with Crippen LogP contribution < -0.4 is 5.32 Å². The van der Waals surface area contributed by atoms with Crippen molar-refractivity contribution < 1.29 is 4.42 Å². The molecule has 0 bridgehead atoms. The molecule has 0 aliphatic rings. The number of nitrogens with one attached hydrogen (secondary N) is 1. The van der Waals surface area contributed by atoms with E-state index >= 15 is 0 Å². The van der Waals surface area contributed by atoms with Crippen LogP contribution in [0, 0.1) is 5.41 Å². The maximum Gasteiger partial charge on any atom is 0.117 e. The molecular formula is C17H32N2O. The molecule has 1 atom stereocenters. The van der Waals surface area contributed by atoms with Gasteiger partial charge < -0.3 is 9.73 Å². The van der Waals surface area contributed by atoms with Crippen LogP contribution in [0.5, 0.6) is 0 Å². The summed E-state index contributed by atoms with van der Waals surface area (Å²) in [5, 5.41) is 3.66. The van der Waals surface area contributed by atoms with Crippen molar-refractivity contribution in [1.29, 1.82) is 0 Å². The maximum atomic E-state index is 5.44. The highest BCUT2D eigenvalue weighted by molar-refractivity contribution is 4.98. The van der Waals surface area contributed by atoms with Gasteiger partial charge in [0.05, 0.1) is 12.8 Å². The molecule has 0 radical (unpaired) electrons. The van der Waals surface area contributed by atoms with Crippen LogP contribution in [0.25, 0.3) is 0 Å². The molecule has 0 amide bonds. The number of furan rings is 1. The Morgan fingerprint density at radius 2 is 1.95 bits per heavy atom. The third kappa shape index (κ3) is 6.58. The van der Waals surface area contributed by atoms with Crippen LogP contribution in [0.4, 0.5) is 0 Å². The third-order valence-electron chi connectivity index (χ3n) is 3.56. The maximum absolute atomic E-state index is 5.44. The fraction of sp³-hybridized carbons (Fsp3) is 0.765. The molecule has 0 aliphatic carbocycles. The van der Waals surface area contributed by atoms with E-state index in [1.807, 2.05) is 12.1 Å². The lowest BCUT2D eigenvalue weighted by Gasteiger charge is -2.36. The van der Waals surface area contributed by atoms with Gasteiger partial charge in [0.2, 0.25) is 0 Å². The molecule has 3 nitrogen and oxygen atoms in total. The van der Waals surface area contributed by atoms with Gasteiger partial charge in [-0.2, -0.15) is 0 Å². The van der Waals surface area contributed by atoms with Gasteiger partial charge >= 0.3 is 0 Å². The number of hydrogen-bond donors (Lipinski definition) is 1. The standard InChI is InChI=1S/C17H32N2O/c1-7-10-17(5,13-18-16(2,3)4)14-19(6)12-15-9-8-11-20-15/h8-9,11,18H,7,10,12-14H2,1-6H3. The van der Waals surface area contributed by atoms with Crippen molar-refractivity contribution >= 4 is 0 Å². The van der Waals surface area contributed by atoms with Gasteiger partial charge in [-0.25, -0.2) is 0 Å². The summed E-state index contributed by atoms with van der Waals surface area (Å²) in [5.41, 5.74) is 0.470. The zero-order valence-corrected chi connectivity index (χ0v) is 14.1. The Hall–Kier alpha value is -0.800. The fourth-order valence-corrected chi connectivity index (χ4v) is 2.68. The summed E-state index contributed by atoms with van der Waals surface area (Å²) in [6, 6.07) is 4.00. The zero-order valence-electron chi connectivity index (χ0n) is 14.1. The molecule has 1 N–H and O–H groups in total. The van der Waals surface area contributed by atoms with Crippen LogP contribution in [-0.2, 0) is 6.54 Å². The van der Waals surface area contributed by atoms with Gasteiger partial charge in [-0.15, -0.1) is 0 Å². The molecule has 0 aromatic carbocycles. The monoisotopic (exact) mass is 280 g/mol. The van der Waals surface area contributed by atoms with Crippen molar-refractivity contribution in [1.82, 2.24) is 10.2 Å². The summed E-state index contributed by atoms with van der Waals surface area (Å²) < 4.78 is 5.44. The molecule has 3 heteroatoms. The van der Waals surface area contributed by atoms with Gasteiger partial charge in [0.1, 0.15) is 5.76 Å². The van der Waals surface area contributed by atoms with E-state index < -0.39 is 0 Å². The van der Waals surface area contributed by atoms with Crippen molar-refractivity contribution in [3.8, 4) is 0 Å². The highest BCUT2D eigenvalue weighted by Gasteiger charge is 2.27. The van der Waals surface area contributed by atoms with Crippen molar-refractivity contribution in [2.75, 3.05) is 20.1 Å². The molecule has 1 unspecified atom stereocenters. The van der Waals surface area contributed by atoms with E-state index in [1.54, 1.807) is 6.26 Å². The number of nitrogens with zero attached hydrogens (tertiary/aromatic N) is 1. The van der Waals surface area contributed by atoms with E-state index in [-0.39, 0.29) is 5.54 Å². The molecule has 1 heterocycles. The molecule has 0 aliphatic heterocycles. The van der Waals surface area contributed by atoms with Crippen molar-refractivity contribution in [2.24, 2.45) is 5.41 Å². The molecule has 116 valence electrons. The van der Waals surface area contributed by atoms with E-state index in [9.17, 15) is 0 Å². The van der Waals surface area contributed by atoms with E-state index in [4.69, 9.17) is 4.42 Å².